The summed E-state index contributed by atoms with van der Waals surface area (Å²) in [7, 11) is 0. The highest BCUT2D eigenvalue weighted by Crippen LogP contribution is 2.32. The quantitative estimate of drug-likeness (QED) is 0.753. The molecule has 2 aromatic rings. The van der Waals surface area contributed by atoms with E-state index >= 15 is 0 Å². The lowest BCUT2D eigenvalue weighted by atomic mass is 10.1. The lowest BCUT2D eigenvalue weighted by Crippen LogP contribution is -2.49. The number of nitrogens with zero attached hydrogens (tertiary/aromatic N) is 2. The number of halogens is 1. The molecule has 0 unspecified atom stereocenters. The van der Waals surface area contributed by atoms with Crippen molar-refractivity contribution in [2.45, 2.75) is 13.0 Å². The van der Waals surface area contributed by atoms with E-state index < -0.39 is 0 Å². The summed E-state index contributed by atoms with van der Waals surface area (Å²) in [5.74, 6) is 1.74. The largest absolute Gasteiger partial charge is 0.454 e. The lowest BCUT2D eigenvalue weighted by Gasteiger charge is -2.34. The Kier molecular flexibility index (Phi) is 6.54. The second-order valence-corrected chi connectivity index (χ2v) is 7.90. The van der Waals surface area contributed by atoms with Gasteiger partial charge in [0.2, 0.25) is 12.7 Å². The molecular weight excluding hydrogens is 390 g/mol. The van der Waals surface area contributed by atoms with E-state index in [0.717, 1.165) is 55.7 Å². The van der Waals surface area contributed by atoms with Gasteiger partial charge in [-0.25, -0.2) is 0 Å². The SMILES string of the molecule is O=C(CN1CCN(Cc2ccc3c(c2)OCO3)CC1)NCCc1ccc(Cl)cc1. The van der Waals surface area contributed by atoms with Crippen LogP contribution in [0.3, 0.4) is 0 Å². The molecule has 0 bridgehead atoms. The Labute approximate surface area is 176 Å². The highest BCUT2D eigenvalue weighted by molar-refractivity contribution is 6.30. The van der Waals surface area contributed by atoms with Gasteiger partial charge in [0, 0.05) is 44.3 Å². The summed E-state index contributed by atoms with van der Waals surface area (Å²) in [5, 5.41) is 3.75. The molecule has 7 heteroatoms. The van der Waals surface area contributed by atoms with Crippen molar-refractivity contribution >= 4 is 17.5 Å². The molecule has 1 saturated heterocycles. The average Bonchev–Trinajstić information content (AvgIpc) is 3.19. The summed E-state index contributed by atoms with van der Waals surface area (Å²) >= 11 is 5.89. The predicted molar refractivity (Wildman–Crippen MR) is 112 cm³/mol. The Bertz CT molecular complexity index is 836. The first-order valence-electron chi connectivity index (χ1n) is 10.00. The predicted octanol–water partition coefficient (Wildman–Crippen LogP) is 2.55. The van der Waals surface area contributed by atoms with Gasteiger partial charge in [-0.1, -0.05) is 29.8 Å². The van der Waals surface area contributed by atoms with Gasteiger partial charge >= 0.3 is 0 Å². The molecule has 6 nitrogen and oxygen atoms in total. The zero-order valence-corrected chi connectivity index (χ0v) is 17.2. The Morgan fingerprint density at radius 1 is 0.931 bits per heavy atom. The second kappa shape index (κ2) is 9.48. The maximum Gasteiger partial charge on any atom is 0.234 e. The standard InChI is InChI=1S/C22H26ClN3O3/c23-19-4-1-17(2-5-19)7-8-24-22(27)15-26-11-9-25(10-12-26)14-18-3-6-20-21(13-18)29-16-28-20/h1-6,13H,7-12,14-16H2,(H,24,27). The Hall–Kier alpha value is -2.28. The van der Waals surface area contributed by atoms with Crippen LogP contribution in [-0.4, -0.2) is 61.8 Å². The van der Waals surface area contributed by atoms with Crippen LogP contribution in [0.25, 0.3) is 0 Å². The van der Waals surface area contributed by atoms with Gasteiger partial charge in [-0.2, -0.15) is 0 Å². The van der Waals surface area contributed by atoms with Gasteiger partial charge in [-0.05, 0) is 41.8 Å². The van der Waals surface area contributed by atoms with Gasteiger partial charge in [-0.15, -0.1) is 0 Å². The third-order valence-electron chi connectivity index (χ3n) is 5.32. The first-order chi connectivity index (χ1) is 14.2. The molecule has 1 fully saturated rings. The summed E-state index contributed by atoms with van der Waals surface area (Å²) in [6.07, 6.45) is 0.812. The summed E-state index contributed by atoms with van der Waals surface area (Å²) in [4.78, 5) is 16.8. The molecule has 0 aliphatic carbocycles. The minimum atomic E-state index is 0.0863. The third-order valence-corrected chi connectivity index (χ3v) is 5.58. The number of carbonyl (C=O) groups excluding carboxylic acids is 1. The van der Waals surface area contributed by atoms with Crippen molar-refractivity contribution in [2.75, 3.05) is 46.1 Å². The average molecular weight is 416 g/mol. The van der Waals surface area contributed by atoms with Gasteiger partial charge < -0.3 is 14.8 Å². The number of rotatable bonds is 7. The van der Waals surface area contributed by atoms with Gasteiger partial charge in [-0.3, -0.25) is 14.6 Å². The van der Waals surface area contributed by atoms with Gasteiger partial charge in [0.1, 0.15) is 0 Å². The van der Waals surface area contributed by atoms with Crippen LogP contribution in [0.2, 0.25) is 5.02 Å². The van der Waals surface area contributed by atoms with E-state index in [1.54, 1.807) is 0 Å². The molecule has 2 aliphatic rings. The smallest absolute Gasteiger partial charge is 0.234 e. The van der Waals surface area contributed by atoms with Crippen molar-refractivity contribution in [1.82, 2.24) is 15.1 Å². The molecule has 29 heavy (non-hydrogen) atoms. The molecule has 0 saturated carbocycles. The molecule has 2 heterocycles. The van der Waals surface area contributed by atoms with E-state index in [2.05, 4.69) is 27.2 Å². The maximum atomic E-state index is 12.2. The van der Waals surface area contributed by atoms with Crippen molar-refractivity contribution in [1.29, 1.82) is 0 Å². The minimum Gasteiger partial charge on any atom is -0.454 e. The highest BCUT2D eigenvalue weighted by atomic mass is 35.5. The van der Waals surface area contributed by atoms with Crippen LogP contribution in [0.1, 0.15) is 11.1 Å². The van der Waals surface area contributed by atoms with Crippen molar-refractivity contribution in [3.05, 3.63) is 58.6 Å². The molecule has 0 aromatic heterocycles. The van der Waals surface area contributed by atoms with Gasteiger partial charge in [0.05, 0.1) is 6.54 Å². The minimum absolute atomic E-state index is 0.0863. The van der Waals surface area contributed by atoms with Crippen LogP contribution in [0, 0.1) is 0 Å². The topological polar surface area (TPSA) is 54.0 Å². The Balaban J connectivity index is 1.15. The number of hydrogen-bond donors (Lipinski definition) is 1. The Morgan fingerprint density at radius 2 is 1.62 bits per heavy atom. The number of amides is 1. The number of fused-ring (bicyclic) bond motifs is 1. The summed E-state index contributed by atoms with van der Waals surface area (Å²) in [6, 6.07) is 13.9. The summed E-state index contributed by atoms with van der Waals surface area (Å²) in [5.41, 5.74) is 2.40. The third kappa shape index (κ3) is 5.63. The van der Waals surface area contributed by atoms with Crippen LogP contribution in [0.4, 0.5) is 0 Å². The molecule has 4 rings (SSSR count). The molecule has 0 atom stereocenters. The molecule has 154 valence electrons. The zero-order valence-electron chi connectivity index (χ0n) is 16.4. The van der Waals surface area contributed by atoms with Crippen LogP contribution in [-0.2, 0) is 17.8 Å². The Morgan fingerprint density at radius 3 is 2.41 bits per heavy atom. The second-order valence-electron chi connectivity index (χ2n) is 7.47. The fourth-order valence-corrected chi connectivity index (χ4v) is 3.79. The number of nitrogens with one attached hydrogen (secondary N) is 1. The summed E-state index contributed by atoms with van der Waals surface area (Å²) < 4.78 is 10.8. The highest BCUT2D eigenvalue weighted by Gasteiger charge is 2.20. The number of carbonyl (C=O) groups is 1. The number of benzene rings is 2. The molecule has 0 radical (unpaired) electrons. The zero-order chi connectivity index (χ0) is 20.1. The molecule has 2 aliphatic heterocycles. The van der Waals surface area contributed by atoms with E-state index in [4.69, 9.17) is 21.1 Å². The van der Waals surface area contributed by atoms with Crippen molar-refractivity contribution in [2.24, 2.45) is 0 Å². The normalized spacial score (nSPS) is 16.7. The number of hydrogen-bond acceptors (Lipinski definition) is 5. The van der Waals surface area contributed by atoms with Crippen molar-refractivity contribution in [3.8, 4) is 11.5 Å². The van der Waals surface area contributed by atoms with Crippen LogP contribution >= 0.6 is 11.6 Å². The maximum absolute atomic E-state index is 12.2. The van der Waals surface area contributed by atoms with E-state index in [1.165, 1.54) is 11.1 Å². The van der Waals surface area contributed by atoms with E-state index in [1.807, 2.05) is 30.3 Å². The fourth-order valence-electron chi connectivity index (χ4n) is 3.66. The van der Waals surface area contributed by atoms with Gasteiger partial charge in [0.15, 0.2) is 11.5 Å². The van der Waals surface area contributed by atoms with E-state index in [-0.39, 0.29) is 5.91 Å². The fraction of sp³-hybridized carbons (Fsp3) is 0.409. The summed E-state index contributed by atoms with van der Waals surface area (Å²) in [6.45, 7) is 5.99. The van der Waals surface area contributed by atoms with Crippen LogP contribution in [0.15, 0.2) is 42.5 Å². The van der Waals surface area contributed by atoms with Crippen LogP contribution < -0.4 is 14.8 Å². The van der Waals surface area contributed by atoms with Crippen LogP contribution in [0.5, 0.6) is 11.5 Å². The molecule has 1 N–H and O–H groups in total. The first-order valence-corrected chi connectivity index (χ1v) is 10.4. The molecule has 2 aromatic carbocycles. The number of ether oxygens (including phenoxy) is 2. The molecule has 0 spiro atoms. The van der Waals surface area contributed by atoms with E-state index in [9.17, 15) is 4.79 Å². The van der Waals surface area contributed by atoms with E-state index in [0.29, 0.717) is 19.9 Å². The van der Waals surface area contributed by atoms with Gasteiger partial charge in [0.25, 0.3) is 0 Å². The number of piperazine rings is 1. The molecular formula is C22H26ClN3O3. The van der Waals surface area contributed by atoms with Crippen molar-refractivity contribution in [3.63, 3.8) is 0 Å². The lowest BCUT2D eigenvalue weighted by molar-refractivity contribution is -0.122. The molecule has 1 amide bonds. The monoisotopic (exact) mass is 415 g/mol. The van der Waals surface area contributed by atoms with Crippen molar-refractivity contribution < 1.29 is 14.3 Å². The first kappa shape index (κ1) is 20.0.